The van der Waals surface area contributed by atoms with Crippen LogP contribution in [0.2, 0.25) is 0 Å². The van der Waals surface area contributed by atoms with E-state index in [2.05, 4.69) is 0 Å². The molecule has 0 heterocycles. The van der Waals surface area contributed by atoms with Crippen molar-refractivity contribution in [2.45, 2.75) is 18.6 Å². The summed E-state index contributed by atoms with van der Waals surface area (Å²) in [7, 11) is 0. The van der Waals surface area contributed by atoms with E-state index >= 15 is 0 Å². The molecule has 57 valence electrons. The zero-order valence-corrected chi connectivity index (χ0v) is 6.48. The van der Waals surface area contributed by atoms with E-state index in [9.17, 15) is 9.59 Å². The first-order chi connectivity index (χ1) is 4.68. The van der Waals surface area contributed by atoms with E-state index in [-0.39, 0.29) is 0 Å². The molecule has 1 radical (unpaired) electrons. The predicted octanol–water partition coefficient (Wildman–Crippen LogP) is 0.692. The minimum Gasteiger partial charge on any atom is -0.480 e. The zero-order valence-electron chi connectivity index (χ0n) is 5.66. The van der Waals surface area contributed by atoms with E-state index in [1.165, 1.54) is 11.8 Å². The molecule has 0 aliphatic carbocycles. The van der Waals surface area contributed by atoms with Crippen LogP contribution in [0.15, 0.2) is 0 Å². The summed E-state index contributed by atoms with van der Waals surface area (Å²) in [4.78, 5) is 19.8. The topological polar surface area (TPSA) is 54.4 Å². The monoisotopic (exact) mass is 161 g/mol. The summed E-state index contributed by atoms with van der Waals surface area (Å²) in [6.07, 6.45) is 2.01. The molecule has 1 unspecified atom stereocenters. The van der Waals surface area contributed by atoms with Gasteiger partial charge in [-0.3, -0.25) is 9.59 Å². The summed E-state index contributed by atoms with van der Waals surface area (Å²) in [6, 6.07) is 0. The highest BCUT2D eigenvalue weighted by atomic mass is 32.2. The molecule has 1 atom stereocenters. The minimum absolute atomic E-state index is 0.308. The smallest absolute Gasteiger partial charge is 0.316 e. The Kier molecular flexibility index (Phi) is 5.02. The van der Waals surface area contributed by atoms with Crippen LogP contribution in [-0.4, -0.2) is 28.4 Å². The molecule has 0 fully saturated rings. The van der Waals surface area contributed by atoms with Crippen molar-refractivity contribution in [2.24, 2.45) is 0 Å². The second-order valence-electron chi connectivity index (χ2n) is 1.75. The highest BCUT2D eigenvalue weighted by Gasteiger charge is 2.09. The van der Waals surface area contributed by atoms with Gasteiger partial charge in [0.1, 0.15) is 0 Å². The van der Waals surface area contributed by atoms with Crippen LogP contribution in [0.3, 0.4) is 0 Å². The summed E-state index contributed by atoms with van der Waals surface area (Å²) < 4.78 is 0. The van der Waals surface area contributed by atoms with Gasteiger partial charge < -0.3 is 5.11 Å². The van der Waals surface area contributed by atoms with Gasteiger partial charge in [0.05, 0.1) is 5.25 Å². The largest absolute Gasteiger partial charge is 0.480 e. The van der Waals surface area contributed by atoms with E-state index in [0.717, 1.165) is 0 Å². The Morgan fingerprint density at radius 3 is 2.80 bits per heavy atom. The summed E-state index contributed by atoms with van der Waals surface area (Å²) in [5, 5.41) is 7.94. The first-order valence-corrected chi connectivity index (χ1v) is 3.92. The Morgan fingerprint density at radius 2 is 2.40 bits per heavy atom. The first-order valence-electron chi connectivity index (χ1n) is 2.88. The van der Waals surface area contributed by atoms with E-state index < -0.39 is 11.2 Å². The molecule has 0 amide bonds. The van der Waals surface area contributed by atoms with Crippen LogP contribution in [0.4, 0.5) is 0 Å². The molecule has 0 bridgehead atoms. The normalized spacial score (nSPS) is 12.5. The molecule has 0 aliphatic rings. The van der Waals surface area contributed by atoms with Gasteiger partial charge in [-0.2, -0.15) is 0 Å². The third kappa shape index (κ3) is 4.38. The molecule has 4 heteroatoms. The summed E-state index contributed by atoms with van der Waals surface area (Å²) >= 11 is 1.25. The van der Waals surface area contributed by atoms with Crippen LogP contribution >= 0.6 is 11.8 Å². The van der Waals surface area contributed by atoms with E-state index in [1.807, 2.05) is 0 Å². The molecule has 0 aromatic heterocycles. The average molecular weight is 161 g/mol. The Labute approximate surface area is 63.8 Å². The van der Waals surface area contributed by atoms with Gasteiger partial charge in [0.15, 0.2) is 6.29 Å². The van der Waals surface area contributed by atoms with Gasteiger partial charge in [0.25, 0.3) is 0 Å². The molecule has 0 aliphatic heterocycles. The fraction of sp³-hybridized carbons (Fsp3) is 0.667. The SMILES string of the molecule is CC(SCC[C]=O)C(=O)O. The number of hydrogen-bond donors (Lipinski definition) is 1. The standard InChI is InChI=1S/C6H9O3S/c1-5(6(8)9)10-4-2-3-7/h5H,2,4H2,1H3,(H,8,9). The average Bonchev–Trinajstić information content (AvgIpc) is 1.88. The van der Waals surface area contributed by atoms with Crippen molar-refractivity contribution in [1.29, 1.82) is 0 Å². The number of carbonyl (C=O) groups excluding carboxylic acids is 1. The summed E-state index contributed by atoms with van der Waals surface area (Å²) in [6.45, 7) is 1.60. The maximum atomic E-state index is 10.2. The number of hydrogen-bond acceptors (Lipinski definition) is 3. The number of rotatable bonds is 5. The molecular formula is C6H9O3S. The molecule has 0 spiro atoms. The Balaban J connectivity index is 3.30. The minimum atomic E-state index is -0.837. The van der Waals surface area contributed by atoms with E-state index in [1.54, 1.807) is 13.2 Å². The van der Waals surface area contributed by atoms with E-state index in [4.69, 9.17) is 5.11 Å². The maximum absolute atomic E-state index is 10.2. The molecule has 0 aromatic carbocycles. The quantitative estimate of drug-likeness (QED) is 0.603. The van der Waals surface area contributed by atoms with Crippen LogP contribution < -0.4 is 0 Å². The Bertz CT molecular complexity index is 124. The third-order valence-corrected chi connectivity index (χ3v) is 2.06. The lowest BCUT2D eigenvalue weighted by atomic mass is 10.5. The van der Waals surface area contributed by atoms with Crippen molar-refractivity contribution < 1.29 is 14.7 Å². The Hall–Kier alpha value is -0.510. The number of carboxylic acid groups (broad SMARTS) is 1. The van der Waals surface area contributed by atoms with Crippen molar-refractivity contribution in [3.63, 3.8) is 0 Å². The van der Waals surface area contributed by atoms with Crippen molar-refractivity contribution in [2.75, 3.05) is 5.75 Å². The fourth-order valence-electron chi connectivity index (χ4n) is 0.349. The summed E-state index contributed by atoms with van der Waals surface area (Å²) in [5.74, 6) is -0.298. The van der Waals surface area contributed by atoms with Gasteiger partial charge in [0, 0.05) is 12.2 Å². The number of carbonyl (C=O) groups is 1. The van der Waals surface area contributed by atoms with Crippen LogP contribution in [0.1, 0.15) is 13.3 Å². The number of aliphatic carboxylic acids is 1. The highest BCUT2D eigenvalue weighted by Crippen LogP contribution is 2.10. The van der Waals surface area contributed by atoms with E-state index in [0.29, 0.717) is 12.2 Å². The summed E-state index contributed by atoms with van der Waals surface area (Å²) in [5.41, 5.74) is 0. The lowest BCUT2D eigenvalue weighted by molar-refractivity contribution is -0.136. The molecule has 0 saturated heterocycles. The second-order valence-corrected chi connectivity index (χ2v) is 3.19. The molecule has 0 aromatic rings. The lowest BCUT2D eigenvalue weighted by Crippen LogP contribution is -2.11. The highest BCUT2D eigenvalue weighted by molar-refractivity contribution is 8.00. The number of carboxylic acids is 1. The van der Waals surface area contributed by atoms with Gasteiger partial charge in [-0.05, 0) is 6.92 Å². The van der Waals surface area contributed by atoms with Crippen molar-refractivity contribution >= 4 is 24.0 Å². The molecule has 0 rings (SSSR count). The van der Waals surface area contributed by atoms with Gasteiger partial charge in [-0.15, -0.1) is 11.8 Å². The van der Waals surface area contributed by atoms with Crippen molar-refractivity contribution in [3.05, 3.63) is 0 Å². The lowest BCUT2D eigenvalue weighted by Gasteiger charge is -2.01. The van der Waals surface area contributed by atoms with Crippen LogP contribution in [0.25, 0.3) is 0 Å². The molecular weight excluding hydrogens is 152 g/mol. The van der Waals surface area contributed by atoms with Gasteiger partial charge in [-0.25, -0.2) is 0 Å². The van der Waals surface area contributed by atoms with Gasteiger partial charge >= 0.3 is 5.97 Å². The maximum Gasteiger partial charge on any atom is 0.316 e. The predicted molar refractivity (Wildman–Crippen MR) is 39.9 cm³/mol. The van der Waals surface area contributed by atoms with Crippen LogP contribution in [0, 0.1) is 0 Å². The first kappa shape index (κ1) is 9.49. The number of thioether (sulfide) groups is 1. The van der Waals surface area contributed by atoms with Crippen LogP contribution in [-0.2, 0) is 9.59 Å². The third-order valence-electron chi connectivity index (χ3n) is 0.920. The van der Waals surface area contributed by atoms with Gasteiger partial charge in [0.2, 0.25) is 0 Å². The molecule has 1 N–H and O–H groups in total. The van der Waals surface area contributed by atoms with Crippen molar-refractivity contribution in [3.8, 4) is 0 Å². The second kappa shape index (κ2) is 5.29. The van der Waals surface area contributed by atoms with Crippen molar-refractivity contribution in [1.82, 2.24) is 0 Å². The molecule has 10 heavy (non-hydrogen) atoms. The van der Waals surface area contributed by atoms with Crippen LogP contribution in [0.5, 0.6) is 0 Å². The molecule has 0 saturated carbocycles. The van der Waals surface area contributed by atoms with Gasteiger partial charge in [-0.1, -0.05) is 0 Å². The Morgan fingerprint density at radius 1 is 1.80 bits per heavy atom. The fourth-order valence-corrected chi connectivity index (χ4v) is 1.05. The zero-order chi connectivity index (χ0) is 7.98. The molecule has 3 nitrogen and oxygen atoms in total.